The molecule has 150 valence electrons. The van der Waals surface area contributed by atoms with Crippen molar-refractivity contribution in [1.82, 2.24) is 25.6 Å². The average Bonchev–Trinajstić information content (AvgIpc) is 3.46. The second-order valence-corrected chi connectivity index (χ2v) is 7.13. The van der Waals surface area contributed by atoms with Gasteiger partial charge >= 0.3 is 0 Å². The molecule has 0 bridgehead atoms. The van der Waals surface area contributed by atoms with Gasteiger partial charge in [-0.25, -0.2) is 0 Å². The highest BCUT2D eigenvalue weighted by Gasteiger charge is 2.40. The molecule has 1 fully saturated rings. The maximum Gasteiger partial charge on any atom is 0.276 e. The molecule has 1 aliphatic heterocycles. The number of rotatable bonds is 5. The quantitative estimate of drug-likeness (QED) is 0.702. The number of carbonyl (C=O) groups excluding carboxylic acids is 2. The molecule has 0 aliphatic carbocycles. The van der Waals surface area contributed by atoms with Crippen LogP contribution < -0.4 is 5.32 Å². The highest BCUT2D eigenvalue weighted by atomic mass is 16.5. The zero-order valence-corrected chi connectivity index (χ0v) is 16.2. The van der Waals surface area contributed by atoms with Crippen LogP contribution in [-0.2, 0) is 0 Å². The van der Waals surface area contributed by atoms with E-state index < -0.39 is 0 Å². The van der Waals surface area contributed by atoms with Gasteiger partial charge in [-0.2, -0.15) is 0 Å². The maximum absolute atomic E-state index is 12.8. The van der Waals surface area contributed by atoms with E-state index in [0.29, 0.717) is 42.7 Å². The minimum atomic E-state index is -0.222. The van der Waals surface area contributed by atoms with Crippen LogP contribution in [0, 0.1) is 19.8 Å². The Bertz CT molecular complexity index is 1010. The molecule has 9 nitrogen and oxygen atoms in total. The number of carbonyl (C=O) groups is 2. The zero-order chi connectivity index (χ0) is 20.4. The number of benzene rings is 1. The molecule has 3 heterocycles. The van der Waals surface area contributed by atoms with E-state index in [-0.39, 0.29) is 29.3 Å². The smallest absolute Gasteiger partial charge is 0.276 e. The Labute approximate surface area is 167 Å². The van der Waals surface area contributed by atoms with E-state index in [2.05, 4.69) is 20.7 Å². The number of likely N-dealkylation sites (tertiary alicyclic amines) is 1. The Hall–Kier alpha value is -3.49. The van der Waals surface area contributed by atoms with Crippen molar-refractivity contribution in [3.8, 4) is 0 Å². The number of nitrogens with one attached hydrogen (secondary N) is 1. The van der Waals surface area contributed by atoms with Crippen LogP contribution in [0.1, 0.15) is 44.3 Å². The maximum atomic E-state index is 12.8. The second-order valence-electron chi connectivity index (χ2n) is 7.13. The number of amides is 2. The fraction of sp³-hybridized carbons (Fsp3) is 0.350. The monoisotopic (exact) mass is 395 g/mol. The van der Waals surface area contributed by atoms with Crippen molar-refractivity contribution < 1.29 is 18.5 Å². The van der Waals surface area contributed by atoms with Crippen LogP contribution in [0.4, 0.5) is 0 Å². The lowest BCUT2D eigenvalue weighted by atomic mass is 9.96. The summed E-state index contributed by atoms with van der Waals surface area (Å²) < 4.78 is 10.6. The third kappa shape index (κ3) is 4.03. The van der Waals surface area contributed by atoms with Crippen molar-refractivity contribution in [2.24, 2.45) is 5.92 Å². The zero-order valence-electron chi connectivity index (χ0n) is 16.2. The lowest BCUT2D eigenvalue weighted by molar-refractivity contribution is 0.0775. The molecular formula is C20H21N5O4. The minimum Gasteiger partial charge on any atom is -0.425 e. The molecule has 2 amide bonds. The van der Waals surface area contributed by atoms with Crippen molar-refractivity contribution in [2.45, 2.75) is 19.8 Å². The molecule has 1 saturated heterocycles. The Balaban J connectivity index is 1.49. The SMILES string of the molecule is Cc1cc(C(=O)N2C[C@H](CNC(=O)c3ccccc3)[C@@H](c3nnc(C)o3)C2)no1. The topological polar surface area (TPSA) is 114 Å². The van der Waals surface area contributed by atoms with E-state index in [0.717, 1.165) is 0 Å². The van der Waals surface area contributed by atoms with Gasteiger partial charge in [-0.1, -0.05) is 23.4 Å². The molecule has 9 heteroatoms. The Morgan fingerprint density at radius 1 is 1.17 bits per heavy atom. The lowest BCUT2D eigenvalue weighted by Crippen LogP contribution is -2.33. The number of aromatic nitrogens is 3. The van der Waals surface area contributed by atoms with Crippen LogP contribution in [0.5, 0.6) is 0 Å². The summed E-state index contributed by atoms with van der Waals surface area (Å²) in [6.45, 7) is 4.67. The van der Waals surface area contributed by atoms with Crippen LogP contribution in [0.2, 0.25) is 0 Å². The molecule has 0 unspecified atom stereocenters. The van der Waals surface area contributed by atoms with Gasteiger partial charge < -0.3 is 19.2 Å². The summed E-state index contributed by atoms with van der Waals surface area (Å²) in [5.74, 6) is 0.868. The molecule has 2 aromatic heterocycles. The standard InChI is InChI=1S/C20H21N5O4/c1-12-8-17(24-29-12)20(27)25-10-15(16(11-25)19-23-22-13(2)28-19)9-21-18(26)14-6-4-3-5-7-14/h3-8,15-16H,9-11H2,1-2H3,(H,21,26)/t15-,16-/m0/s1. The van der Waals surface area contributed by atoms with Crippen LogP contribution in [0.3, 0.4) is 0 Å². The molecule has 4 rings (SSSR count). The van der Waals surface area contributed by atoms with E-state index >= 15 is 0 Å². The summed E-state index contributed by atoms with van der Waals surface area (Å²) in [6.07, 6.45) is 0. The van der Waals surface area contributed by atoms with Crippen LogP contribution >= 0.6 is 0 Å². The Kier molecular flexibility index (Phi) is 5.11. The first-order chi connectivity index (χ1) is 14.0. The molecule has 0 radical (unpaired) electrons. The third-order valence-corrected chi connectivity index (χ3v) is 4.99. The summed E-state index contributed by atoms with van der Waals surface area (Å²) in [4.78, 5) is 26.9. The predicted molar refractivity (Wildman–Crippen MR) is 101 cm³/mol. The molecule has 0 saturated carbocycles. The molecule has 0 spiro atoms. The number of hydrogen-bond acceptors (Lipinski definition) is 7. The number of aryl methyl sites for hydroxylation is 2. The largest absolute Gasteiger partial charge is 0.425 e. The van der Waals surface area contributed by atoms with E-state index in [9.17, 15) is 9.59 Å². The van der Waals surface area contributed by atoms with Gasteiger partial charge in [-0.3, -0.25) is 9.59 Å². The van der Waals surface area contributed by atoms with Gasteiger partial charge in [-0.05, 0) is 19.1 Å². The third-order valence-electron chi connectivity index (χ3n) is 4.99. The molecule has 1 aliphatic rings. The molecule has 1 N–H and O–H groups in total. The van der Waals surface area contributed by atoms with Gasteiger partial charge in [0.1, 0.15) is 5.76 Å². The summed E-state index contributed by atoms with van der Waals surface area (Å²) in [5, 5.41) is 14.8. The fourth-order valence-corrected chi connectivity index (χ4v) is 3.53. The van der Waals surface area contributed by atoms with Gasteiger partial charge in [0.25, 0.3) is 11.8 Å². The number of hydrogen-bond donors (Lipinski definition) is 1. The fourth-order valence-electron chi connectivity index (χ4n) is 3.53. The minimum absolute atomic E-state index is 0.0699. The summed E-state index contributed by atoms with van der Waals surface area (Å²) >= 11 is 0. The summed E-state index contributed by atoms with van der Waals surface area (Å²) in [7, 11) is 0. The summed E-state index contributed by atoms with van der Waals surface area (Å²) in [5.41, 5.74) is 0.846. The van der Waals surface area contributed by atoms with Gasteiger partial charge in [-0.15, -0.1) is 10.2 Å². The van der Waals surface area contributed by atoms with Crippen molar-refractivity contribution >= 4 is 11.8 Å². The normalized spacial score (nSPS) is 18.8. The van der Waals surface area contributed by atoms with E-state index in [1.165, 1.54) is 0 Å². The molecular weight excluding hydrogens is 374 g/mol. The van der Waals surface area contributed by atoms with Crippen molar-refractivity contribution in [3.63, 3.8) is 0 Å². The first-order valence-corrected chi connectivity index (χ1v) is 9.37. The lowest BCUT2D eigenvalue weighted by Gasteiger charge is -2.16. The number of nitrogens with zero attached hydrogens (tertiary/aromatic N) is 4. The summed E-state index contributed by atoms with van der Waals surface area (Å²) in [6, 6.07) is 10.6. The average molecular weight is 395 g/mol. The van der Waals surface area contributed by atoms with E-state index in [1.807, 2.05) is 18.2 Å². The highest BCUT2D eigenvalue weighted by molar-refractivity contribution is 5.94. The Morgan fingerprint density at radius 3 is 2.62 bits per heavy atom. The molecule has 3 aromatic rings. The van der Waals surface area contributed by atoms with Gasteiger partial charge in [0.15, 0.2) is 5.69 Å². The predicted octanol–water partition coefficient (Wildman–Crippen LogP) is 1.96. The van der Waals surface area contributed by atoms with Crippen LogP contribution in [0.25, 0.3) is 0 Å². The van der Waals surface area contributed by atoms with Gasteiger partial charge in [0.05, 0.1) is 5.92 Å². The van der Waals surface area contributed by atoms with Crippen molar-refractivity contribution in [3.05, 3.63) is 65.2 Å². The highest BCUT2D eigenvalue weighted by Crippen LogP contribution is 2.32. The van der Waals surface area contributed by atoms with Crippen molar-refractivity contribution in [2.75, 3.05) is 19.6 Å². The molecule has 29 heavy (non-hydrogen) atoms. The van der Waals surface area contributed by atoms with E-state index in [1.54, 1.807) is 36.9 Å². The van der Waals surface area contributed by atoms with Crippen molar-refractivity contribution in [1.29, 1.82) is 0 Å². The molecule has 2 atom stereocenters. The first kappa shape index (κ1) is 18.9. The first-order valence-electron chi connectivity index (χ1n) is 9.37. The Morgan fingerprint density at radius 2 is 1.97 bits per heavy atom. The second kappa shape index (κ2) is 7.86. The van der Waals surface area contributed by atoms with E-state index in [4.69, 9.17) is 8.94 Å². The van der Waals surface area contributed by atoms with Crippen LogP contribution in [-0.4, -0.2) is 51.7 Å². The van der Waals surface area contributed by atoms with Gasteiger partial charge in [0, 0.05) is 44.1 Å². The molecule has 1 aromatic carbocycles. The van der Waals surface area contributed by atoms with Gasteiger partial charge in [0.2, 0.25) is 11.8 Å². The van der Waals surface area contributed by atoms with Crippen LogP contribution in [0.15, 0.2) is 45.3 Å².